The second-order valence-electron chi connectivity index (χ2n) is 17.4. The lowest BCUT2D eigenvalue weighted by Gasteiger charge is -2.38. The number of nitrogens with zero attached hydrogens (tertiary/aromatic N) is 4. The fraction of sp³-hybridized carbons (Fsp3) is 0.520. The topological polar surface area (TPSA) is 168 Å². The molecule has 12 heteroatoms. The van der Waals surface area contributed by atoms with Crippen molar-refractivity contribution in [3.05, 3.63) is 118 Å². The predicted octanol–water partition coefficient (Wildman–Crippen LogP) is 7.82. The van der Waals surface area contributed by atoms with E-state index in [2.05, 4.69) is 86.4 Å². The molecule has 1 saturated heterocycles. The minimum atomic E-state index is -1.29. The maximum Gasteiger partial charge on any atom is 0.250 e. The summed E-state index contributed by atoms with van der Waals surface area (Å²) in [5.41, 5.74) is 13.0. The molecule has 2 heterocycles. The summed E-state index contributed by atoms with van der Waals surface area (Å²) in [5, 5.41) is 21.4. The number of nitrogens with one attached hydrogen (secondary N) is 4. The van der Waals surface area contributed by atoms with Gasteiger partial charge in [0.25, 0.3) is 5.91 Å². The van der Waals surface area contributed by atoms with Crippen LogP contribution >= 0.6 is 0 Å². The van der Waals surface area contributed by atoms with E-state index in [4.69, 9.17) is 16.1 Å². The van der Waals surface area contributed by atoms with E-state index in [9.17, 15) is 14.5 Å². The van der Waals surface area contributed by atoms with Gasteiger partial charge >= 0.3 is 0 Å². The molecule has 6 N–H and O–H groups in total. The number of carbonyl (C=O) groups excluding carboxylic acids is 2. The summed E-state index contributed by atoms with van der Waals surface area (Å²) in [7, 11) is 0. The van der Waals surface area contributed by atoms with Crippen LogP contribution in [0.3, 0.4) is 0 Å². The summed E-state index contributed by atoms with van der Waals surface area (Å²) < 4.78 is 0. The molecule has 12 nitrogen and oxygen atoms in total. The quantitative estimate of drug-likeness (QED) is 0.0408. The zero-order valence-electron chi connectivity index (χ0n) is 37.6. The number of nitrogens with two attached hydrogens (primary N) is 1. The SMILES string of the molecule is CCN1CCN(C2=CC(C3=CC=CCC3)=N/C(=C(/C(C)=N)c3cccc(CCCCCCCCCNC(=O)C(CC(C)C)NC(=O)C(N=O)C(N)Cc4ccccc4)c3)N2)CC1. The number of allylic oxidation sites excluding steroid dienone is 6. The lowest BCUT2D eigenvalue weighted by Crippen LogP contribution is -2.53. The van der Waals surface area contributed by atoms with Crippen molar-refractivity contribution in [1.82, 2.24) is 25.8 Å². The van der Waals surface area contributed by atoms with E-state index in [1.807, 2.05) is 51.1 Å². The van der Waals surface area contributed by atoms with Crippen molar-refractivity contribution in [3.8, 4) is 0 Å². The number of unbranched alkanes of at least 4 members (excludes halogenated alkanes) is 6. The van der Waals surface area contributed by atoms with Crippen LogP contribution in [-0.2, 0) is 22.4 Å². The third kappa shape index (κ3) is 14.7. The van der Waals surface area contributed by atoms with Crippen molar-refractivity contribution < 1.29 is 9.59 Å². The molecule has 0 spiro atoms. The number of aryl methyl sites for hydroxylation is 1. The highest BCUT2D eigenvalue weighted by Crippen LogP contribution is 2.28. The number of hydrogen-bond donors (Lipinski definition) is 5. The summed E-state index contributed by atoms with van der Waals surface area (Å²) >= 11 is 0. The first kappa shape index (κ1) is 47.8. The average molecular weight is 846 g/mol. The van der Waals surface area contributed by atoms with Gasteiger partial charge in [-0.2, -0.15) is 0 Å². The van der Waals surface area contributed by atoms with Crippen LogP contribution in [0.1, 0.15) is 109 Å². The second kappa shape index (κ2) is 25.0. The first-order valence-corrected chi connectivity index (χ1v) is 23.1. The van der Waals surface area contributed by atoms with E-state index >= 15 is 0 Å². The molecule has 2 aromatic carbocycles. The highest BCUT2D eigenvalue weighted by Gasteiger charge is 2.31. The number of carbonyl (C=O) groups is 2. The number of nitroso groups, excluding NO2 is 1. The molecule has 3 aliphatic rings. The highest BCUT2D eigenvalue weighted by atomic mass is 16.3. The standard InChI is InChI=1S/C50H71N9O3/c1-5-58-28-30-59(31-29-58)45-35-43(40-24-16-12-17-25-40)54-48(56-45)46(37(4)51)41-26-19-23-38(33-41)20-13-9-7-6-8-10-18-27-53-49(60)44(32-36(2)3)55-50(61)47(57-62)42(52)34-39-21-14-11-15-22-39/h11-12,14-16,19,21-24,26,33,35-36,42,44,47,51,56H,5-10,13,17-18,20,25,27-32,34,52H2,1-4H3,(H,53,60)(H,55,61)/b48-46+,51-37?. The fourth-order valence-electron chi connectivity index (χ4n) is 8.41. The van der Waals surface area contributed by atoms with Crippen LogP contribution in [0.5, 0.6) is 0 Å². The van der Waals surface area contributed by atoms with Gasteiger partial charge in [0.05, 0.1) is 5.71 Å². The van der Waals surface area contributed by atoms with Crippen LogP contribution in [0, 0.1) is 16.2 Å². The van der Waals surface area contributed by atoms with E-state index in [-0.39, 0.29) is 11.8 Å². The summed E-state index contributed by atoms with van der Waals surface area (Å²) in [5.74, 6) is 1.11. The molecule has 0 radical (unpaired) electrons. The van der Waals surface area contributed by atoms with E-state index in [1.54, 1.807) is 0 Å². The van der Waals surface area contributed by atoms with Crippen LogP contribution in [0.25, 0.3) is 5.57 Å². The zero-order valence-corrected chi connectivity index (χ0v) is 37.6. The van der Waals surface area contributed by atoms with E-state index in [0.717, 1.165) is 131 Å². The van der Waals surface area contributed by atoms with Crippen molar-refractivity contribution in [2.45, 2.75) is 123 Å². The maximum absolute atomic E-state index is 13.1. The van der Waals surface area contributed by atoms with Crippen LogP contribution in [-0.4, -0.2) is 90.4 Å². The zero-order chi connectivity index (χ0) is 44.3. The number of aliphatic imine (C=N–C) groups is 1. The van der Waals surface area contributed by atoms with Crippen LogP contribution in [0.15, 0.2) is 106 Å². The van der Waals surface area contributed by atoms with Crippen molar-refractivity contribution in [2.24, 2.45) is 21.8 Å². The predicted molar refractivity (Wildman–Crippen MR) is 254 cm³/mol. The molecular formula is C50H71N9O3. The Morgan fingerprint density at radius 3 is 2.31 bits per heavy atom. The number of likely N-dealkylation sites (N-methyl/N-ethyl adjacent to an activating group) is 1. The monoisotopic (exact) mass is 846 g/mol. The molecule has 5 rings (SSSR count). The van der Waals surface area contributed by atoms with Gasteiger partial charge in [-0.1, -0.05) is 131 Å². The molecule has 0 saturated carbocycles. The van der Waals surface area contributed by atoms with Crippen LogP contribution < -0.4 is 21.7 Å². The highest BCUT2D eigenvalue weighted by molar-refractivity contribution is 6.23. The van der Waals surface area contributed by atoms with Gasteiger partial charge in [-0.15, -0.1) is 4.91 Å². The summed E-state index contributed by atoms with van der Waals surface area (Å²) in [6, 6.07) is 15.2. The Labute approximate surface area is 370 Å². The molecule has 2 amide bonds. The van der Waals surface area contributed by atoms with E-state index in [1.165, 1.54) is 11.1 Å². The molecule has 3 atom stereocenters. The number of hydrogen-bond acceptors (Lipinski definition) is 10. The van der Waals surface area contributed by atoms with Crippen molar-refractivity contribution >= 4 is 28.8 Å². The van der Waals surface area contributed by atoms with Gasteiger partial charge in [0.15, 0.2) is 6.04 Å². The molecular weight excluding hydrogens is 775 g/mol. The number of rotatable bonds is 24. The smallest absolute Gasteiger partial charge is 0.250 e. The van der Waals surface area contributed by atoms with Gasteiger partial charge in [-0.05, 0) is 86.6 Å². The lowest BCUT2D eigenvalue weighted by molar-refractivity contribution is -0.130. The molecule has 334 valence electrons. The molecule has 2 aliphatic heterocycles. The third-order valence-corrected chi connectivity index (χ3v) is 12.0. The minimum Gasteiger partial charge on any atom is -0.356 e. The Morgan fingerprint density at radius 1 is 0.935 bits per heavy atom. The molecule has 1 fully saturated rings. The van der Waals surface area contributed by atoms with Gasteiger partial charge in [0.2, 0.25) is 5.91 Å². The molecule has 62 heavy (non-hydrogen) atoms. The number of piperazine rings is 1. The second-order valence-corrected chi connectivity index (χ2v) is 17.4. The Morgan fingerprint density at radius 2 is 1.65 bits per heavy atom. The normalized spacial score (nSPS) is 17.8. The Kier molecular flexibility index (Phi) is 19.3. The molecule has 2 aromatic rings. The average Bonchev–Trinajstić information content (AvgIpc) is 3.27. The lowest BCUT2D eigenvalue weighted by atomic mass is 9.96. The summed E-state index contributed by atoms with van der Waals surface area (Å²) in [6.45, 7) is 13.6. The molecule has 0 bridgehead atoms. The molecule has 0 aromatic heterocycles. The molecule has 1 aliphatic carbocycles. The first-order chi connectivity index (χ1) is 30.1. The van der Waals surface area contributed by atoms with Gasteiger partial charge in [0, 0.05) is 56.1 Å². The van der Waals surface area contributed by atoms with Gasteiger partial charge in [-0.3, -0.25) is 9.59 Å². The van der Waals surface area contributed by atoms with E-state index < -0.39 is 24.0 Å². The van der Waals surface area contributed by atoms with Crippen LogP contribution in [0.4, 0.5) is 0 Å². The Hall–Kier alpha value is -5.20. The first-order valence-electron chi connectivity index (χ1n) is 23.1. The number of amides is 2. The summed E-state index contributed by atoms with van der Waals surface area (Å²) in [4.78, 5) is 48.0. The van der Waals surface area contributed by atoms with E-state index in [0.29, 0.717) is 25.1 Å². The Bertz CT molecular complexity index is 1960. The Balaban J connectivity index is 1.06. The summed E-state index contributed by atoms with van der Waals surface area (Å²) in [6.07, 6.45) is 19.9. The van der Waals surface area contributed by atoms with Gasteiger partial charge in [-0.25, -0.2) is 4.99 Å². The van der Waals surface area contributed by atoms with Crippen LogP contribution in [0.2, 0.25) is 0 Å². The molecule has 3 unspecified atom stereocenters. The van der Waals surface area contributed by atoms with Gasteiger partial charge in [0.1, 0.15) is 17.7 Å². The van der Waals surface area contributed by atoms with Gasteiger partial charge < -0.3 is 36.9 Å². The third-order valence-electron chi connectivity index (χ3n) is 12.0. The largest absolute Gasteiger partial charge is 0.356 e. The van der Waals surface area contributed by atoms with Crippen molar-refractivity contribution in [1.29, 1.82) is 5.41 Å². The fourth-order valence-corrected chi connectivity index (χ4v) is 8.41. The van der Waals surface area contributed by atoms with Crippen molar-refractivity contribution in [3.63, 3.8) is 0 Å². The number of benzene rings is 2. The minimum absolute atomic E-state index is 0.156. The maximum atomic E-state index is 13.1. The van der Waals surface area contributed by atoms with Crippen molar-refractivity contribution in [2.75, 3.05) is 39.3 Å².